The van der Waals surface area contributed by atoms with Gasteiger partial charge in [-0.25, -0.2) is 0 Å². The van der Waals surface area contributed by atoms with Crippen LogP contribution < -0.4 is 0 Å². The highest BCUT2D eigenvalue weighted by Crippen LogP contribution is 2.59. The summed E-state index contributed by atoms with van der Waals surface area (Å²) in [6, 6.07) is 0. The minimum atomic E-state index is -0.0926. The van der Waals surface area contributed by atoms with Gasteiger partial charge in [-0.05, 0) is 0 Å². The van der Waals surface area contributed by atoms with Gasteiger partial charge in [0.2, 0.25) is 0 Å². The van der Waals surface area contributed by atoms with E-state index in [1.807, 2.05) is 0 Å². The highest BCUT2D eigenvalue weighted by molar-refractivity contribution is 8.65. The molecule has 0 saturated heterocycles. The van der Waals surface area contributed by atoms with Gasteiger partial charge in [0.1, 0.15) is 0 Å². The lowest BCUT2D eigenvalue weighted by Crippen LogP contribution is -0.870. The summed E-state index contributed by atoms with van der Waals surface area (Å²) in [6.45, 7) is -0.0926. The van der Waals surface area contributed by atoms with Crippen molar-refractivity contribution in [3.63, 3.8) is 0 Å². The van der Waals surface area contributed by atoms with E-state index in [-0.39, 0.29) is 6.99 Å². The van der Waals surface area contributed by atoms with Crippen LogP contribution >= 0.6 is 33.8 Å². The van der Waals surface area contributed by atoms with Crippen molar-refractivity contribution in [3.05, 3.63) is 0 Å². The predicted molar refractivity (Wildman–Crippen MR) is 33.3 cm³/mol. The van der Waals surface area contributed by atoms with Crippen molar-refractivity contribution in [1.82, 2.24) is 0 Å². The van der Waals surface area contributed by atoms with Crippen molar-refractivity contribution in [3.8, 4) is 0 Å². The third-order valence-electron chi connectivity index (χ3n) is 0. The summed E-state index contributed by atoms with van der Waals surface area (Å²) in [4.78, 5) is 0. The lowest BCUT2D eigenvalue weighted by molar-refractivity contribution is 5.19. The number of rotatable bonds is 0. The molecule has 0 rings (SSSR count). The molecule has 0 fully saturated rings. The molecule has 0 saturated carbocycles. The third-order valence-corrected chi connectivity index (χ3v) is 0. The molecule has 0 aromatic heterocycles. The first-order valence-corrected chi connectivity index (χ1v) is 6.35. The Morgan fingerprint density at radius 2 is 1.50 bits per heavy atom. The Kier molecular flexibility index (Phi) is 4.19. The van der Waals surface area contributed by atoms with Gasteiger partial charge in [-0.1, -0.05) is 0 Å². The highest BCUT2D eigenvalue weighted by Gasteiger charge is 1.32. The van der Waals surface area contributed by atoms with Crippen molar-refractivity contribution >= 4 is 33.8 Å². The molecular weight excluding hydrogens is 124 g/mol. The van der Waals surface area contributed by atoms with E-state index < -0.39 is 0 Å². The second kappa shape index (κ2) is 2.93. The van der Waals surface area contributed by atoms with Gasteiger partial charge in [-0.2, -0.15) is 8.93 Å². The Morgan fingerprint density at radius 3 is 1.50 bits per heavy atom. The van der Waals surface area contributed by atoms with Crippen LogP contribution in [0.4, 0.5) is 0 Å². The lowest BCUT2D eigenvalue weighted by Gasteiger charge is -2.16. The summed E-state index contributed by atoms with van der Waals surface area (Å²) in [7, 11) is 9.06. The molecule has 0 radical (unpaired) electrons. The fourth-order valence-corrected chi connectivity index (χ4v) is 0. The SMILES string of the molecule is [PH-]P([PH-])P. The molecule has 0 heterocycles. The zero-order valence-electron chi connectivity index (χ0n) is 2.02. The first kappa shape index (κ1) is 5.72. The molecule has 0 aromatic rings. The summed E-state index contributed by atoms with van der Waals surface area (Å²) in [5.41, 5.74) is 0. The Hall–Kier alpha value is 1.72. The molecule has 0 aliphatic carbocycles. The molecule has 0 nitrogen and oxygen atoms in total. The molecule has 0 N–H and O–H groups in total. The maximum absolute atomic E-state index is 3.25. The summed E-state index contributed by atoms with van der Waals surface area (Å²) >= 11 is 0. The standard InChI is InChI=1S/H4P4/c1-4(2)3/h1-2H,3H2/q-2. The van der Waals surface area contributed by atoms with E-state index in [4.69, 9.17) is 0 Å². The van der Waals surface area contributed by atoms with E-state index in [1.165, 1.54) is 0 Å². The van der Waals surface area contributed by atoms with Crippen molar-refractivity contribution in [2.75, 3.05) is 0 Å². The summed E-state index contributed by atoms with van der Waals surface area (Å²) in [5, 5.41) is 0. The Morgan fingerprint density at radius 1 is 1.50 bits per heavy atom. The fraction of sp³-hybridized carbons (Fsp3) is 0. The number of hydrogen-bond donors (Lipinski definition) is 0. The predicted octanol–water partition coefficient (Wildman–Crippen LogP) is 2.37. The van der Waals surface area contributed by atoms with Gasteiger partial charge < -0.3 is 24.8 Å². The highest BCUT2D eigenvalue weighted by atomic mass is 32.7. The minimum absolute atomic E-state index is 0.0926. The molecular formula is H4P4-2. The molecule has 26 valence electrons. The molecule has 0 aromatic carbocycles. The second-order valence-electron chi connectivity index (χ2n) is 0.370. The molecule has 0 aliphatic heterocycles. The van der Waals surface area contributed by atoms with Gasteiger partial charge in [0.15, 0.2) is 0 Å². The van der Waals surface area contributed by atoms with Gasteiger partial charge in [-0.15, -0.1) is 0 Å². The van der Waals surface area contributed by atoms with E-state index in [1.54, 1.807) is 0 Å². The van der Waals surface area contributed by atoms with Gasteiger partial charge in [0, 0.05) is 0 Å². The van der Waals surface area contributed by atoms with E-state index >= 15 is 0 Å². The van der Waals surface area contributed by atoms with E-state index in [2.05, 4.69) is 26.8 Å². The lowest BCUT2D eigenvalue weighted by atomic mass is 29.2. The van der Waals surface area contributed by atoms with Crippen molar-refractivity contribution in [2.24, 2.45) is 0 Å². The molecule has 0 amide bonds. The van der Waals surface area contributed by atoms with Gasteiger partial charge >= 0.3 is 0 Å². The van der Waals surface area contributed by atoms with Crippen LogP contribution in [0.15, 0.2) is 0 Å². The minimum Gasteiger partial charge on any atom is -0.554 e. The first-order chi connectivity index (χ1) is 1.73. The van der Waals surface area contributed by atoms with Crippen molar-refractivity contribution in [1.29, 1.82) is 0 Å². The maximum atomic E-state index is 3.25. The second-order valence-corrected chi connectivity index (χ2v) is 9.99. The van der Waals surface area contributed by atoms with Crippen LogP contribution in [-0.2, 0) is 0 Å². The van der Waals surface area contributed by atoms with Crippen LogP contribution in [0.3, 0.4) is 0 Å². The maximum Gasteiger partial charge on any atom is -0.172 e. The topological polar surface area (TPSA) is 0 Å². The quantitative estimate of drug-likeness (QED) is 0.439. The van der Waals surface area contributed by atoms with Crippen LogP contribution in [0, 0.1) is 0 Å². The summed E-state index contributed by atoms with van der Waals surface area (Å²) in [6.07, 6.45) is 0. The zero-order valence-corrected chi connectivity index (χ0v) is 6.07. The largest absolute Gasteiger partial charge is 0.554 e. The van der Waals surface area contributed by atoms with Crippen molar-refractivity contribution < 1.29 is 0 Å². The average molecular weight is 128 g/mol. The monoisotopic (exact) mass is 128 g/mol. The smallest absolute Gasteiger partial charge is 0.172 e. The number of hydrogen-bond acceptors (Lipinski definition) is 0. The van der Waals surface area contributed by atoms with Crippen LogP contribution in [-0.4, -0.2) is 0 Å². The molecule has 4 heavy (non-hydrogen) atoms. The van der Waals surface area contributed by atoms with Gasteiger partial charge in [0.25, 0.3) is 0 Å². The molecule has 0 bridgehead atoms. The van der Waals surface area contributed by atoms with E-state index in [0.29, 0.717) is 0 Å². The van der Waals surface area contributed by atoms with Crippen LogP contribution in [0.2, 0.25) is 0 Å². The Labute approximate surface area is 34.5 Å². The molecule has 0 aliphatic rings. The molecule has 1 atom stereocenters. The summed E-state index contributed by atoms with van der Waals surface area (Å²) < 4.78 is 0. The van der Waals surface area contributed by atoms with E-state index in [0.717, 1.165) is 0 Å². The average Bonchev–Trinajstić information content (AvgIpc) is 0.811. The summed E-state index contributed by atoms with van der Waals surface area (Å²) in [5.74, 6) is 0. The Bertz CT molecular complexity index is 4.75. The molecule has 4 heteroatoms. The Balaban J connectivity index is 2.32. The first-order valence-electron chi connectivity index (χ1n) is 0.705. The molecule has 0 spiro atoms. The van der Waals surface area contributed by atoms with Crippen LogP contribution in [0.5, 0.6) is 0 Å². The van der Waals surface area contributed by atoms with Crippen LogP contribution in [0.1, 0.15) is 0 Å². The van der Waals surface area contributed by atoms with Gasteiger partial charge in [-0.3, -0.25) is 0 Å². The normalized spacial score (nSPS) is 9.00. The van der Waals surface area contributed by atoms with Crippen LogP contribution in [0.25, 0.3) is 0 Å². The molecule has 1 unspecified atom stereocenters. The zero-order chi connectivity index (χ0) is 3.58. The fourth-order valence-electron chi connectivity index (χ4n) is 0. The third kappa shape index (κ3) is 9.30. The van der Waals surface area contributed by atoms with Gasteiger partial charge in [0.05, 0.1) is 0 Å². The van der Waals surface area contributed by atoms with E-state index in [9.17, 15) is 0 Å². The van der Waals surface area contributed by atoms with Crippen molar-refractivity contribution in [2.45, 2.75) is 0 Å².